The quantitative estimate of drug-likeness (QED) is 0.838. The number of hydrogen-bond acceptors (Lipinski definition) is 2. The van der Waals surface area contributed by atoms with Crippen molar-refractivity contribution >= 4 is 0 Å². The van der Waals surface area contributed by atoms with Crippen molar-refractivity contribution in [1.82, 2.24) is 10.2 Å². The van der Waals surface area contributed by atoms with Crippen LogP contribution in [0.3, 0.4) is 0 Å². The average molecular weight is 268 g/mol. The third kappa shape index (κ3) is 3.52. The molecular formula is C17H36N2. The normalized spacial score (nSPS) is 31.1. The van der Waals surface area contributed by atoms with Crippen molar-refractivity contribution in [2.75, 3.05) is 20.1 Å². The number of hydrogen-bond donors (Lipinski definition) is 1. The van der Waals surface area contributed by atoms with Gasteiger partial charge in [-0.1, -0.05) is 55.4 Å². The van der Waals surface area contributed by atoms with Gasteiger partial charge in [0.1, 0.15) is 0 Å². The van der Waals surface area contributed by atoms with Crippen LogP contribution in [0.25, 0.3) is 0 Å². The molecule has 1 rings (SSSR count). The van der Waals surface area contributed by atoms with Crippen LogP contribution in [0.2, 0.25) is 0 Å². The number of likely N-dealkylation sites (tertiary alicyclic amines) is 1. The molecule has 0 bridgehead atoms. The number of rotatable bonds is 4. The SMILES string of the molecule is CC(C)CNC1C(C)(C)CN(C)C(C(C)C)C1(C)C. The van der Waals surface area contributed by atoms with Crippen molar-refractivity contribution in [2.24, 2.45) is 22.7 Å². The van der Waals surface area contributed by atoms with Gasteiger partial charge in [-0.25, -0.2) is 0 Å². The Kier molecular flexibility index (Phi) is 5.12. The fraction of sp³-hybridized carbons (Fsp3) is 1.00. The van der Waals surface area contributed by atoms with Crippen LogP contribution in [0.1, 0.15) is 55.4 Å². The summed E-state index contributed by atoms with van der Waals surface area (Å²) in [6.07, 6.45) is 0. The largest absolute Gasteiger partial charge is 0.313 e. The zero-order chi connectivity index (χ0) is 15.0. The molecular weight excluding hydrogens is 232 g/mol. The van der Waals surface area contributed by atoms with E-state index >= 15 is 0 Å². The highest BCUT2D eigenvalue weighted by Gasteiger charge is 2.51. The summed E-state index contributed by atoms with van der Waals surface area (Å²) >= 11 is 0. The van der Waals surface area contributed by atoms with Gasteiger partial charge in [-0.3, -0.25) is 0 Å². The van der Waals surface area contributed by atoms with Gasteiger partial charge in [-0.15, -0.1) is 0 Å². The molecule has 19 heavy (non-hydrogen) atoms. The second-order valence-electron chi connectivity index (χ2n) is 8.65. The molecule has 0 aromatic carbocycles. The van der Waals surface area contributed by atoms with Gasteiger partial charge in [0.25, 0.3) is 0 Å². The molecule has 0 amide bonds. The lowest BCUT2D eigenvalue weighted by molar-refractivity contribution is -0.0701. The Balaban J connectivity index is 3.01. The van der Waals surface area contributed by atoms with Crippen molar-refractivity contribution in [2.45, 2.75) is 67.5 Å². The highest BCUT2D eigenvalue weighted by Crippen LogP contribution is 2.45. The van der Waals surface area contributed by atoms with Crippen LogP contribution in [-0.2, 0) is 0 Å². The number of piperidine rings is 1. The van der Waals surface area contributed by atoms with E-state index in [0.717, 1.165) is 6.54 Å². The van der Waals surface area contributed by atoms with Gasteiger partial charge in [0, 0.05) is 18.6 Å². The van der Waals surface area contributed by atoms with Crippen molar-refractivity contribution in [3.8, 4) is 0 Å². The maximum Gasteiger partial charge on any atom is 0.0197 e. The van der Waals surface area contributed by atoms with E-state index in [2.05, 4.69) is 72.7 Å². The van der Waals surface area contributed by atoms with Crippen LogP contribution in [0.15, 0.2) is 0 Å². The van der Waals surface area contributed by atoms with Gasteiger partial charge in [0.05, 0.1) is 0 Å². The Bertz CT molecular complexity index is 292. The van der Waals surface area contributed by atoms with E-state index in [4.69, 9.17) is 0 Å². The molecule has 0 aromatic heterocycles. The van der Waals surface area contributed by atoms with Crippen LogP contribution in [0.5, 0.6) is 0 Å². The Morgan fingerprint density at radius 1 is 1.11 bits per heavy atom. The minimum absolute atomic E-state index is 0.291. The molecule has 1 fully saturated rings. The van der Waals surface area contributed by atoms with Crippen LogP contribution >= 0.6 is 0 Å². The molecule has 114 valence electrons. The third-order valence-electron chi connectivity index (χ3n) is 4.78. The maximum absolute atomic E-state index is 3.88. The van der Waals surface area contributed by atoms with Gasteiger partial charge >= 0.3 is 0 Å². The van der Waals surface area contributed by atoms with E-state index in [1.54, 1.807) is 0 Å². The molecule has 1 saturated heterocycles. The van der Waals surface area contributed by atoms with Crippen molar-refractivity contribution in [3.05, 3.63) is 0 Å². The van der Waals surface area contributed by atoms with E-state index in [1.165, 1.54) is 6.54 Å². The zero-order valence-corrected chi connectivity index (χ0v) is 14.7. The smallest absolute Gasteiger partial charge is 0.0197 e. The molecule has 0 spiro atoms. The molecule has 2 atom stereocenters. The molecule has 0 aromatic rings. The van der Waals surface area contributed by atoms with Crippen LogP contribution in [-0.4, -0.2) is 37.1 Å². The van der Waals surface area contributed by atoms with Crippen LogP contribution in [0, 0.1) is 22.7 Å². The summed E-state index contributed by atoms with van der Waals surface area (Å²) in [5.74, 6) is 1.41. The first-order valence-electron chi connectivity index (χ1n) is 7.93. The van der Waals surface area contributed by atoms with Gasteiger partial charge in [-0.2, -0.15) is 0 Å². The molecule has 2 heteroatoms. The monoisotopic (exact) mass is 268 g/mol. The maximum atomic E-state index is 3.88. The van der Waals surface area contributed by atoms with Gasteiger partial charge in [-0.05, 0) is 36.3 Å². The molecule has 1 N–H and O–H groups in total. The van der Waals surface area contributed by atoms with Gasteiger partial charge in [0.15, 0.2) is 0 Å². The Labute approximate surface area is 121 Å². The summed E-state index contributed by atoms with van der Waals surface area (Å²) in [5.41, 5.74) is 0.609. The lowest BCUT2D eigenvalue weighted by atomic mass is 9.60. The first-order valence-corrected chi connectivity index (χ1v) is 7.93. The molecule has 0 aliphatic carbocycles. The standard InChI is InChI=1S/C17H36N2/c1-12(2)10-18-15-16(5,6)11-19(9)14(13(3)4)17(15,7)8/h12-15,18H,10-11H2,1-9H3. The van der Waals surface area contributed by atoms with E-state index in [9.17, 15) is 0 Å². The summed E-state index contributed by atoms with van der Waals surface area (Å²) < 4.78 is 0. The summed E-state index contributed by atoms with van der Waals surface area (Å²) in [6.45, 7) is 21.3. The minimum atomic E-state index is 0.291. The molecule has 1 heterocycles. The topological polar surface area (TPSA) is 15.3 Å². The molecule has 2 nitrogen and oxygen atoms in total. The lowest BCUT2D eigenvalue weighted by Gasteiger charge is -2.59. The number of nitrogens with one attached hydrogen (secondary N) is 1. The lowest BCUT2D eigenvalue weighted by Crippen LogP contribution is -2.68. The first-order chi connectivity index (χ1) is 8.50. The summed E-state index contributed by atoms with van der Waals surface area (Å²) in [5, 5.41) is 3.88. The summed E-state index contributed by atoms with van der Waals surface area (Å²) in [7, 11) is 2.30. The Morgan fingerprint density at radius 3 is 2.05 bits per heavy atom. The zero-order valence-electron chi connectivity index (χ0n) is 14.7. The molecule has 0 saturated carbocycles. The van der Waals surface area contributed by atoms with E-state index in [1.807, 2.05) is 0 Å². The number of nitrogens with zero attached hydrogens (tertiary/aromatic N) is 1. The minimum Gasteiger partial charge on any atom is -0.313 e. The Hall–Kier alpha value is -0.0800. The highest BCUT2D eigenvalue weighted by molar-refractivity contribution is 5.07. The summed E-state index contributed by atoms with van der Waals surface area (Å²) in [6, 6.07) is 1.22. The van der Waals surface area contributed by atoms with Crippen molar-refractivity contribution < 1.29 is 0 Å². The second-order valence-corrected chi connectivity index (χ2v) is 8.65. The fourth-order valence-corrected chi connectivity index (χ4v) is 4.84. The molecule has 0 radical (unpaired) electrons. The van der Waals surface area contributed by atoms with Crippen LogP contribution in [0.4, 0.5) is 0 Å². The van der Waals surface area contributed by atoms with Crippen molar-refractivity contribution in [1.29, 1.82) is 0 Å². The van der Waals surface area contributed by atoms with Gasteiger partial charge < -0.3 is 10.2 Å². The van der Waals surface area contributed by atoms with E-state index in [0.29, 0.717) is 34.7 Å². The second kappa shape index (κ2) is 5.73. The molecule has 1 aliphatic rings. The van der Waals surface area contributed by atoms with Gasteiger partial charge in [0.2, 0.25) is 0 Å². The molecule has 1 aliphatic heterocycles. The predicted octanol–water partition coefficient (Wildman–Crippen LogP) is 3.62. The fourth-order valence-electron chi connectivity index (χ4n) is 4.84. The highest BCUT2D eigenvalue weighted by atomic mass is 15.2. The van der Waals surface area contributed by atoms with Crippen molar-refractivity contribution in [3.63, 3.8) is 0 Å². The van der Waals surface area contributed by atoms with Crippen LogP contribution < -0.4 is 5.32 Å². The summed E-state index contributed by atoms with van der Waals surface area (Å²) in [4.78, 5) is 2.58. The van der Waals surface area contributed by atoms with E-state index in [-0.39, 0.29) is 0 Å². The predicted molar refractivity (Wildman–Crippen MR) is 85.4 cm³/mol. The Morgan fingerprint density at radius 2 is 1.63 bits per heavy atom. The third-order valence-corrected chi connectivity index (χ3v) is 4.78. The molecule has 2 unspecified atom stereocenters. The average Bonchev–Trinajstić information content (AvgIpc) is 2.11. The first kappa shape index (κ1) is 17.0. The van der Waals surface area contributed by atoms with E-state index < -0.39 is 0 Å².